The number of nitriles is 1. The maximum absolute atomic E-state index is 15.7. The van der Waals surface area contributed by atoms with E-state index >= 15 is 4.39 Å². The molecule has 2 N–H and O–H groups in total. The number of nitrogen functional groups attached to an aromatic ring is 1. The first kappa shape index (κ1) is 32.6. The number of anilines is 1. The summed E-state index contributed by atoms with van der Waals surface area (Å²) in [6.45, 7) is 9.89. The van der Waals surface area contributed by atoms with E-state index in [9.17, 15) is 10.1 Å². The molecule has 4 aromatic rings. The number of likely N-dealkylation sites (tertiary alicyclic amines) is 1. The van der Waals surface area contributed by atoms with Gasteiger partial charge in [-0.05, 0) is 57.0 Å². The Kier molecular flexibility index (Phi) is 9.02. The maximum Gasteiger partial charge on any atom is 0.264 e. The van der Waals surface area contributed by atoms with E-state index in [0.29, 0.717) is 66.8 Å². The van der Waals surface area contributed by atoms with Gasteiger partial charge in [0, 0.05) is 62.5 Å². The molecule has 5 heterocycles. The normalized spacial score (nSPS) is 20.9. The van der Waals surface area contributed by atoms with E-state index in [1.165, 1.54) is 12.4 Å². The number of morpholine rings is 1. The van der Waals surface area contributed by atoms with Crippen LogP contribution in [0.1, 0.15) is 32.7 Å². The van der Waals surface area contributed by atoms with Gasteiger partial charge in [-0.3, -0.25) is 14.6 Å². The minimum Gasteiger partial charge on any atom is -0.457 e. The number of carbonyl (C=O) groups excluding carboxylic acids is 1. The second-order valence-electron chi connectivity index (χ2n) is 13.4. The fourth-order valence-corrected chi connectivity index (χ4v) is 7.18. The lowest BCUT2D eigenvalue weighted by Gasteiger charge is -2.48. The van der Waals surface area contributed by atoms with Crippen molar-refractivity contribution in [1.29, 1.82) is 5.26 Å². The number of rotatable bonds is 7. The summed E-state index contributed by atoms with van der Waals surface area (Å²) in [5, 5.41) is 15.5. The number of piperidine rings is 1. The van der Waals surface area contributed by atoms with Gasteiger partial charge in [-0.15, -0.1) is 0 Å². The average Bonchev–Trinajstić information content (AvgIpc) is 3.51. The van der Waals surface area contributed by atoms with Crippen LogP contribution in [0.3, 0.4) is 0 Å². The van der Waals surface area contributed by atoms with E-state index in [0.717, 1.165) is 32.8 Å². The minimum absolute atomic E-state index is 0.116. The van der Waals surface area contributed by atoms with Crippen LogP contribution in [0, 0.1) is 17.1 Å². The van der Waals surface area contributed by atoms with E-state index in [1.54, 1.807) is 33.8 Å². The molecule has 3 aliphatic rings. The van der Waals surface area contributed by atoms with Crippen molar-refractivity contribution in [3.8, 4) is 28.8 Å². The van der Waals surface area contributed by atoms with E-state index in [4.69, 9.17) is 20.3 Å². The average molecular weight is 666 g/mol. The molecule has 0 saturated carbocycles. The highest BCUT2D eigenvalue weighted by Crippen LogP contribution is 2.36. The number of para-hydroxylation sites is 1. The van der Waals surface area contributed by atoms with Crippen molar-refractivity contribution < 1.29 is 18.7 Å². The largest absolute Gasteiger partial charge is 0.457 e. The van der Waals surface area contributed by atoms with Crippen LogP contribution in [-0.4, -0.2) is 104 Å². The smallest absolute Gasteiger partial charge is 0.264 e. The van der Waals surface area contributed by atoms with Crippen molar-refractivity contribution >= 4 is 22.8 Å². The van der Waals surface area contributed by atoms with Gasteiger partial charge in [-0.1, -0.05) is 18.2 Å². The zero-order valence-corrected chi connectivity index (χ0v) is 27.8. The number of hydrogen-bond donors (Lipinski definition) is 1. The zero-order chi connectivity index (χ0) is 34.1. The molecule has 0 unspecified atom stereocenters. The van der Waals surface area contributed by atoms with Gasteiger partial charge in [0.2, 0.25) is 0 Å². The number of hydrogen-bond acceptors (Lipinski definition) is 10. The number of amides is 1. The summed E-state index contributed by atoms with van der Waals surface area (Å²) in [4.78, 5) is 29.1. The molecular formula is C36H40FN9O3. The molecule has 2 aromatic heterocycles. The van der Waals surface area contributed by atoms with Gasteiger partial charge in [-0.25, -0.2) is 19.0 Å². The second kappa shape index (κ2) is 13.5. The van der Waals surface area contributed by atoms with Crippen LogP contribution in [-0.2, 0) is 9.53 Å². The molecule has 13 heteroatoms. The molecular weight excluding hydrogens is 625 g/mol. The first-order chi connectivity index (χ1) is 23.7. The number of benzene rings is 2. The van der Waals surface area contributed by atoms with E-state index in [-0.39, 0.29) is 28.9 Å². The molecule has 2 atom stereocenters. The first-order valence-corrected chi connectivity index (χ1v) is 16.7. The Labute approximate surface area is 284 Å². The molecule has 12 nitrogen and oxygen atoms in total. The Balaban J connectivity index is 1.13. The fraction of sp³-hybridized carbons (Fsp3) is 0.417. The Morgan fingerprint density at radius 1 is 1.08 bits per heavy atom. The molecule has 3 saturated heterocycles. The lowest BCUT2D eigenvalue weighted by molar-refractivity contribution is -0.128. The van der Waals surface area contributed by atoms with Gasteiger partial charge in [-0.2, -0.15) is 10.4 Å². The Morgan fingerprint density at radius 3 is 2.71 bits per heavy atom. The summed E-state index contributed by atoms with van der Waals surface area (Å²) in [5.41, 5.74) is 6.93. The standard InChI is InChI=1S/C36H40FN9O3/c1-36(2,45-14-13-43-15-16-48-22-26(43)21-45)18-24(19-38)35(47)44-12-6-7-25(20-44)46-34-31(33(39)40-23-41-34)32(42-46)29-11-10-28(17-30(29)37)49-27-8-4-3-5-9-27/h3-5,8-11,17-18,23,25-26H,6-7,12-16,20-22H2,1-2H3,(H2,39,40,41)/t25-,26-/m0/s1. The Bertz CT molecular complexity index is 1920. The van der Waals surface area contributed by atoms with E-state index in [1.807, 2.05) is 24.3 Å². The van der Waals surface area contributed by atoms with Crippen molar-refractivity contribution in [2.24, 2.45) is 0 Å². The van der Waals surface area contributed by atoms with Gasteiger partial charge in [0.1, 0.15) is 46.8 Å². The summed E-state index contributed by atoms with van der Waals surface area (Å²) in [6, 6.07) is 16.0. The van der Waals surface area contributed by atoms with Crippen LogP contribution < -0.4 is 10.5 Å². The number of ether oxygens (including phenoxy) is 2. The molecule has 0 radical (unpaired) electrons. The molecule has 7 rings (SSSR count). The SMILES string of the molecule is CC(C)(C=C(C#N)C(=O)N1CCC[C@H](n2nc(-c3ccc(Oc4ccccc4)cc3F)c3c(N)ncnc32)C1)N1CCN2CCOC[C@@H]2C1. The highest BCUT2D eigenvalue weighted by molar-refractivity contribution is 5.99. The highest BCUT2D eigenvalue weighted by atomic mass is 19.1. The Hall–Kier alpha value is -4.90. The summed E-state index contributed by atoms with van der Waals surface area (Å²) in [6.07, 6.45) is 4.57. The van der Waals surface area contributed by atoms with Crippen LogP contribution in [0.25, 0.3) is 22.3 Å². The van der Waals surface area contributed by atoms with Gasteiger partial charge in [0.05, 0.1) is 24.6 Å². The summed E-state index contributed by atoms with van der Waals surface area (Å²) in [7, 11) is 0. The predicted octanol–water partition coefficient (Wildman–Crippen LogP) is 4.42. The van der Waals surface area contributed by atoms with Crippen molar-refractivity contribution in [3.05, 3.63) is 72.3 Å². The molecule has 1 amide bonds. The van der Waals surface area contributed by atoms with Crippen LogP contribution in [0.5, 0.6) is 11.5 Å². The van der Waals surface area contributed by atoms with E-state index in [2.05, 4.69) is 39.7 Å². The zero-order valence-electron chi connectivity index (χ0n) is 27.8. The molecule has 0 aliphatic carbocycles. The lowest BCUT2D eigenvalue weighted by Crippen LogP contribution is -2.61. The van der Waals surface area contributed by atoms with Gasteiger partial charge < -0.3 is 20.1 Å². The minimum atomic E-state index is -0.535. The second-order valence-corrected chi connectivity index (χ2v) is 13.4. The van der Waals surface area contributed by atoms with Gasteiger partial charge in [0.25, 0.3) is 5.91 Å². The van der Waals surface area contributed by atoms with Crippen molar-refractivity contribution in [3.63, 3.8) is 0 Å². The van der Waals surface area contributed by atoms with Gasteiger partial charge in [0.15, 0.2) is 5.65 Å². The number of aromatic nitrogens is 4. The monoisotopic (exact) mass is 665 g/mol. The number of nitrogens with two attached hydrogens (primary N) is 1. The number of carbonyl (C=O) groups is 1. The van der Waals surface area contributed by atoms with Crippen molar-refractivity contribution in [2.45, 2.75) is 44.3 Å². The molecule has 3 aliphatic heterocycles. The highest BCUT2D eigenvalue weighted by Gasteiger charge is 2.37. The lowest BCUT2D eigenvalue weighted by atomic mass is 9.95. The number of piperazine rings is 1. The van der Waals surface area contributed by atoms with E-state index < -0.39 is 11.4 Å². The molecule has 0 bridgehead atoms. The summed E-state index contributed by atoms with van der Waals surface area (Å²) in [5.74, 6) is 0.264. The maximum atomic E-state index is 15.7. The fourth-order valence-electron chi connectivity index (χ4n) is 7.18. The predicted molar refractivity (Wildman–Crippen MR) is 182 cm³/mol. The third-order valence-electron chi connectivity index (χ3n) is 9.82. The third kappa shape index (κ3) is 6.59. The number of fused-ring (bicyclic) bond motifs is 2. The van der Waals surface area contributed by atoms with Crippen LogP contribution in [0.4, 0.5) is 10.2 Å². The van der Waals surface area contributed by atoms with Crippen LogP contribution >= 0.6 is 0 Å². The third-order valence-corrected chi connectivity index (χ3v) is 9.82. The van der Waals surface area contributed by atoms with Crippen LogP contribution in [0.2, 0.25) is 0 Å². The molecule has 2 aromatic carbocycles. The Morgan fingerprint density at radius 2 is 1.92 bits per heavy atom. The number of halogens is 1. The number of nitrogens with zero attached hydrogens (tertiary/aromatic N) is 8. The molecule has 254 valence electrons. The first-order valence-electron chi connectivity index (χ1n) is 16.7. The van der Waals surface area contributed by atoms with Gasteiger partial charge >= 0.3 is 0 Å². The van der Waals surface area contributed by atoms with Crippen molar-refractivity contribution in [2.75, 3.05) is 58.2 Å². The molecule has 49 heavy (non-hydrogen) atoms. The topological polar surface area (TPSA) is 139 Å². The molecule has 3 fully saturated rings. The quantitative estimate of drug-likeness (QED) is 0.223. The molecule has 0 spiro atoms. The van der Waals surface area contributed by atoms with Crippen molar-refractivity contribution in [1.82, 2.24) is 34.4 Å². The summed E-state index contributed by atoms with van der Waals surface area (Å²) >= 11 is 0. The van der Waals surface area contributed by atoms with Crippen LogP contribution in [0.15, 0.2) is 66.5 Å². The summed E-state index contributed by atoms with van der Waals surface area (Å²) < 4.78 is 28.9.